The third-order valence-electron chi connectivity index (χ3n) is 2.64. The van der Waals surface area contributed by atoms with Crippen LogP contribution in [0.25, 0.3) is 0 Å². The normalized spacial score (nSPS) is 10.7. The molecule has 6 heteroatoms. The number of aryl methyl sites for hydroxylation is 2. The highest BCUT2D eigenvalue weighted by molar-refractivity contribution is 7.15. The molecule has 1 rings (SSSR count). The highest BCUT2D eigenvalue weighted by Gasteiger charge is 2.12. The van der Waals surface area contributed by atoms with Crippen LogP contribution < -0.4 is 5.32 Å². The lowest BCUT2D eigenvalue weighted by Gasteiger charge is -2.18. The van der Waals surface area contributed by atoms with Crippen molar-refractivity contribution in [3.8, 4) is 0 Å². The fraction of sp³-hybridized carbons (Fsp3) is 0.538. The monoisotopic (exact) mass is 283 g/mol. The minimum absolute atomic E-state index is 0.0253. The van der Waals surface area contributed by atoms with Gasteiger partial charge in [0.2, 0.25) is 5.91 Å². The number of anilines is 1. The molecule has 5 nitrogen and oxygen atoms in total. The number of amides is 1. The third kappa shape index (κ3) is 5.10. The van der Waals surface area contributed by atoms with Gasteiger partial charge in [0.15, 0.2) is 5.13 Å². The summed E-state index contributed by atoms with van der Waals surface area (Å²) in [5.41, 5.74) is 1.03. The SMILES string of the molecule is C=CCN(CCO)CC(=O)Nc1nc(CC)c(C)s1. The first-order chi connectivity index (χ1) is 9.10. The fourth-order valence-corrected chi connectivity index (χ4v) is 2.65. The van der Waals surface area contributed by atoms with Crippen LogP contribution in [-0.2, 0) is 11.2 Å². The lowest BCUT2D eigenvalue weighted by atomic mass is 10.3. The second kappa shape index (κ2) is 8.04. The molecule has 0 saturated carbocycles. The summed E-state index contributed by atoms with van der Waals surface area (Å²) in [6.07, 6.45) is 2.58. The quantitative estimate of drug-likeness (QED) is 0.708. The van der Waals surface area contributed by atoms with Crippen molar-refractivity contribution in [3.05, 3.63) is 23.2 Å². The molecule has 1 heterocycles. The topological polar surface area (TPSA) is 65.5 Å². The van der Waals surface area contributed by atoms with E-state index in [1.165, 1.54) is 11.3 Å². The van der Waals surface area contributed by atoms with E-state index in [2.05, 4.69) is 16.9 Å². The van der Waals surface area contributed by atoms with Crippen molar-refractivity contribution in [1.29, 1.82) is 0 Å². The Labute approximate surface area is 118 Å². The molecule has 0 aromatic carbocycles. The molecular formula is C13H21N3O2S. The van der Waals surface area contributed by atoms with Crippen LogP contribution >= 0.6 is 11.3 Å². The van der Waals surface area contributed by atoms with Crippen LogP contribution in [0.15, 0.2) is 12.7 Å². The Morgan fingerprint density at radius 2 is 2.37 bits per heavy atom. The van der Waals surface area contributed by atoms with Crippen LogP contribution in [0, 0.1) is 6.92 Å². The van der Waals surface area contributed by atoms with Gasteiger partial charge in [-0.15, -0.1) is 17.9 Å². The molecule has 0 saturated heterocycles. The van der Waals surface area contributed by atoms with Crippen molar-refractivity contribution in [3.63, 3.8) is 0 Å². The first kappa shape index (κ1) is 15.8. The number of nitrogens with zero attached hydrogens (tertiary/aromatic N) is 2. The van der Waals surface area contributed by atoms with Crippen LogP contribution in [0.2, 0.25) is 0 Å². The molecule has 0 aliphatic heterocycles. The van der Waals surface area contributed by atoms with Gasteiger partial charge in [-0.1, -0.05) is 13.0 Å². The van der Waals surface area contributed by atoms with Gasteiger partial charge in [-0.05, 0) is 13.3 Å². The smallest absolute Gasteiger partial charge is 0.240 e. The molecular weight excluding hydrogens is 262 g/mol. The van der Waals surface area contributed by atoms with E-state index in [1.54, 1.807) is 6.08 Å². The first-order valence-electron chi connectivity index (χ1n) is 6.31. The highest BCUT2D eigenvalue weighted by Crippen LogP contribution is 2.22. The van der Waals surface area contributed by atoms with Crippen LogP contribution in [0.3, 0.4) is 0 Å². The average Bonchev–Trinajstić information content (AvgIpc) is 2.69. The summed E-state index contributed by atoms with van der Waals surface area (Å²) in [6, 6.07) is 0. The van der Waals surface area contributed by atoms with Gasteiger partial charge in [0.25, 0.3) is 0 Å². The van der Waals surface area contributed by atoms with Crippen molar-refractivity contribution in [2.75, 3.05) is 31.6 Å². The molecule has 106 valence electrons. The zero-order valence-corrected chi connectivity index (χ0v) is 12.3. The minimum atomic E-state index is -0.119. The zero-order valence-electron chi connectivity index (χ0n) is 11.5. The molecule has 0 bridgehead atoms. The number of hydrogen-bond acceptors (Lipinski definition) is 5. The van der Waals surface area contributed by atoms with Crippen molar-refractivity contribution in [1.82, 2.24) is 9.88 Å². The van der Waals surface area contributed by atoms with E-state index >= 15 is 0 Å². The van der Waals surface area contributed by atoms with E-state index in [1.807, 2.05) is 18.7 Å². The van der Waals surface area contributed by atoms with Crippen LogP contribution in [0.5, 0.6) is 0 Å². The molecule has 1 aromatic heterocycles. The van der Waals surface area contributed by atoms with E-state index in [0.29, 0.717) is 18.2 Å². The zero-order chi connectivity index (χ0) is 14.3. The summed E-state index contributed by atoms with van der Waals surface area (Å²) in [6.45, 7) is 8.96. The van der Waals surface area contributed by atoms with Crippen molar-refractivity contribution < 1.29 is 9.90 Å². The first-order valence-corrected chi connectivity index (χ1v) is 7.12. The van der Waals surface area contributed by atoms with Crippen LogP contribution in [0.4, 0.5) is 5.13 Å². The Kier molecular flexibility index (Phi) is 6.69. The molecule has 1 aromatic rings. The maximum absolute atomic E-state index is 11.9. The predicted molar refractivity (Wildman–Crippen MR) is 78.6 cm³/mol. The maximum atomic E-state index is 11.9. The fourth-order valence-electron chi connectivity index (χ4n) is 1.73. The Morgan fingerprint density at radius 1 is 1.63 bits per heavy atom. The van der Waals surface area contributed by atoms with Crippen molar-refractivity contribution in [2.45, 2.75) is 20.3 Å². The molecule has 19 heavy (non-hydrogen) atoms. The molecule has 0 aliphatic rings. The standard InChI is InChI=1S/C13H21N3O2S/c1-4-6-16(7-8-17)9-12(18)15-13-14-11(5-2)10(3)19-13/h4,17H,1,5-9H2,2-3H3,(H,14,15,18). The Morgan fingerprint density at radius 3 is 2.89 bits per heavy atom. The van der Waals surface area contributed by atoms with E-state index in [0.717, 1.165) is 17.0 Å². The molecule has 0 fully saturated rings. The molecule has 0 unspecified atom stereocenters. The Bertz CT molecular complexity index is 432. The summed E-state index contributed by atoms with van der Waals surface area (Å²) < 4.78 is 0. The Hall–Kier alpha value is -1.24. The van der Waals surface area contributed by atoms with Crippen LogP contribution in [0.1, 0.15) is 17.5 Å². The minimum Gasteiger partial charge on any atom is -0.395 e. The lowest BCUT2D eigenvalue weighted by Crippen LogP contribution is -2.35. The van der Waals surface area contributed by atoms with Gasteiger partial charge in [0.05, 0.1) is 18.8 Å². The van der Waals surface area contributed by atoms with Crippen molar-refractivity contribution >= 4 is 22.4 Å². The molecule has 0 atom stereocenters. The number of nitrogens with one attached hydrogen (secondary N) is 1. The van der Waals surface area contributed by atoms with E-state index in [-0.39, 0.29) is 19.1 Å². The van der Waals surface area contributed by atoms with Crippen LogP contribution in [-0.4, -0.2) is 47.1 Å². The van der Waals surface area contributed by atoms with E-state index < -0.39 is 0 Å². The highest BCUT2D eigenvalue weighted by atomic mass is 32.1. The van der Waals surface area contributed by atoms with Gasteiger partial charge >= 0.3 is 0 Å². The second-order valence-corrected chi connectivity index (χ2v) is 5.37. The van der Waals surface area contributed by atoms with Gasteiger partial charge < -0.3 is 10.4 Å². The summed E-state index contributed by atoms with van der Waals surface area (Å²) in [5.74, 6) is -0.119. The van der Waals surface area contributed by atoms with Gasteiger partial charge in [0, 0.05) is 18.0 Å². The van der Waals surface area contributed by atoms with E-state index in [4.69, 9.17) is 5.11 Å². The van der Waals surface area contributed by atoms with Gasteiger partial charge in [0.1, 0.15) is 0 Å². The maximum Gasteiger partial charge on any atom is 0.240 e. The molecule has 2 N–H and O–H groups in total. The number of carbonyl (C=O) groups is 1. The van der Waals surface area contributed by atoms with Gasteiger partial charge in [-0.2, -0.15) is 0 Å². The predicted octanol–water partition coefficient (Wildman–Crippen LogP) is 1.43. The van der Waals surface area contributed by atoms with Crippen molar-refractivity contribution in [2.24, 2.45) is 0 Å². The number of aliphatic hydroxyl groups excluding tert-OH is 1. The summed E-state index contributed by atoms with van der Waals surface area (Å²) in [5, 5.41) is 12.4. The Balaban J connectivity index is 2.55. The molecule has 0 spiro atoms. The largest absolute Gasteiger partial charge is 0.395 e. The summed E-state index contributed by atoms with van der Waals surface area (Å²) >= 11 is 1.49. The number of hydrogen-bond donors (Lipinski definition) is 2. The molecule has 0 radical (unpaired) electrons. The molecule has 0 aliphatic carbocycles. The number of carbonyl (C=O) groups excluding carboxylic acids is 1. The number of thiazole rings is 1. The number of aliphatic hydroxyl groups is 1. The van der Waals surface area contributed by atoms with Gasteiger partial charge in [-0.3, -0.25) is 9.69 Å². The number of aromatic nitrogens is 1. The van der Waals surface area contributed by atoms with Gasteiger partial charge in [-0.25, -0.2) is 4.98 Å². The summed E-state index contributed by atoms with van der Waals surface area (Å²) in [4.78, 5) is 19.2. The third-order valence-corrected chi connectivity index (χ3v) is 3.57. The average molecular weight is 283 g/mol. The lowest BCUT2D eigenvalue weighted by molar-refractivity contribution is -0.117. The van der Waals surface area contributed by atoms with E-state index in [9.17, 15) is 4.79 Å². The summed E-state index contributed by atoms with van der Waals surface area (Å²) in [7, 11) is 0. The second-order valence-electron chi connectivity index (χ2n) is 4.17. The molecule has 1 amide bonds. The number of rotatable bonds is 8.